The maximum Gasteiger partial charge on any atom is 0.326 e. The van der Waals surface area contributed by atoms with Crippen LogP contribution in [0.5, 0.6) is 0 Å². The van der Waals surface area contributed by atoms with Crippen molar-refractivity contribution in [3.05, 3.63) is 75.4 Å². The van der Waals surface area contributed by atoms with Gasteiger partial charge >= 0.3 is 5.97 Å². The van der Waals surface area contributed by atoms with Crippen molar-refractivity contribution in [2.24, 2.45) is 0 Å². The Labute approximate surface area is 163 Å². The predicted molar refractivity (Wildman–Crippen MR) is 103 cm³/mol. The average molecular weight is 434 g/mol. The third-order valence-electron chi connectivity index (χ3n) is 3.91. The fourth-order valence-electron chi connectivity index (χ4n) is 2.64. The lowest BCUT2D eigenvalue weighted by Crippen LogP contribution is -2.42. The van der Waals surface area contributed by atoms with E-state index in [9.17, 15) is 14.7 Å². The highest BCUT2D eigenvalue weighted by molar-refractivity contribution is 9.10. The Bertz CT molecular complexity index is 988. The molecule has 0 fully saturated rings. The van der Waals surface area contributed by atoms with Crippen LogP contribution >= 0.6 is 27.5 Å². The van der Waals surface area contributed by atoms with E-state index in [4.69, 9.17) is 11.6 Å². The second-order valence-corrected chi connectivity index (χ2v) is 6.98. The molecule has 0 bridgehead atoms. The lowest BCUT2D eigenvalue weighted by Gasteiger charge is -2.16. The number of carboxylic acids is 1. The molecule has 0 saturated carbocycles. The van der Waals surface area contributed by atoms with Crippen molar-refractivity contribution in [1.82, 2.24) is 10.3 Å². The maximum atomic E-state index is 12.7. The number of para-hydroxylation sites is 1. The molecule has 2 aromatic carbocycles. The zero-order valence-corrected chi connectivity index (χ0v) is 15.8. The number of nitrogens with one attached hydrogen (secondary N) is 1. The van der Waals surface area contributed by atoms with Gasteiger partial charge < -0.3 is 10.4 Å². The van der Waals surface area contributed by atoms with Crippen LogP contribution in [-0.4, -0.2) is 28.0 Å². The summed E-state index contributed by atoms with van der Waals surface area (Å²) in [5, 5.41) is 13.4. The summed E-state index contributed by atoms with van der Waals surface area (Å²) in [5.74, 6) is -1.61. The molecule has 2 N–H and O–H groups in total. The highest BCUT2D eigenvalue weighted by Crippen LogP contribution is 2.23. The molecule has 132 valence electrons. The number of carbonyl (C=O) groups excluding carboxylic acids is 1. The van der Waals surface area contributed by atoms with Crippen LogP contribution in [-0.2, 0) is 11.2 Å². The van der Waals surface area contributed by atoms with Crippen molar-refractivity contribution in [3.63, 3.8) is 0 Å². The van der Waals surface area contributed by atoms with Crippen LogP contribution in [0.4, 0.5) is 0 Å². The molecule has 3 rings (SSSR count). The first-order valence-corrected chi connectivity index (χ1v) is 8.94. The monoisotopic (exact) mass is 432 g/mol. The van der Waals surface area contributed by atoms with Crippen molar-refractivity contribution in [2.75, 3.05) is 0 Å². The number of nitrogens with zero attached hydrogens (tertiary/aromatic N) is 1. The van der Waals surface area contributed by atoms with E-state index < -0.39 is 17.9 Å². The van der Waals surface area contributed by atoms with E-state index in [1.807, 2.05) is 12.1 Å². The molecular formula is C19H14BrClN2O3. The second-order valence-electron chi connectivity index (χ2n) is 5.68. The number of carbonyl (C=O) groups is 2. The number of fused-ring (bicyclic) bond motifs is 1. The van der Waals surface area contributed by atoms with Gasteiger partial charge in [-0.2, -0.15) is 0 Å². The number of hydrogen-bond donors (Lipinski definition) is 2. The van der Waals surface area contributed by atoms with Gasteiger partial charge in [0, 0.05) is 27.5 Å². The summed E-state index contributed by atoms with van der Waals surface area (Å²) in [5.41, 5.74) is 1.56. The smallest absolute Gasteiger partial charge is 0.326 e. The molecule has 1 amide bonds. The van der Waals surface area contributed by atoms with E-state index in [1.54, 1.807) is 42.6 Å². The molecule has 0 aliphatic carbocycles. The minimum atomic E-state index is -1.13. The van der Waals surface area contributed by atoms with E-state index in [1.165, 1.54) is 0 Å². The van der Waals surface area contributed by atoms with E-state index in [0.29, 0.717) is 21.7 Å². The van der Waals surface area contributed by atoms with Crippen molar-refractivity contribution >= 4 is 50.3 Å². The minimum absolute atomic E-state index is 0.0976. The van der Waals surface area contributed by atoms with Gasteiger partial charge in [-0.1, -0.05) is 45.7 Å². The number of rotatable bonds is 5. The minimum Gasteiger partial charge on any atom is -0.480 e. The molecule has 1 heterocycles. The summed E-state index contributed by atoms with van der Waals surface area (Å²) >= 11 is 9.36. The Morgan fingerprint density at radius 3 is 2.73 bits per heavy atom. The third-order valence-corrected chi connectivity index (χ3v) is 4.92. The van der Waals surface area contributed by atoms with Gasteiger partial charge in [0.05, 0.1) is 11.1 Å². The van der Waals surface area contributed by atoms with Crippen LogP contribution < -0.4 is 5.32 Å². The number of pyridine rings is 1. The van der Waals surface area contributed by atoms with E-state index in [-0.39, 0.29) is 6.42 Å². The zero-order valence-electron chi connectivity index (χ0n) is 13.4. The van der Waals surface area contributed by atoms with Crippen molar-refractivity contribution in [3.8, 4) is 0 Å². The first-order chi connectivity index (χ1) is 12.5. The Morgan fingerprint density at radius 2 is 1.96 bits per heavy atom. The lowest BCUT2D eigenvalue weighted by molar-refractivity contribution is -0.139. The second kappa shape index (κ2) is 7.85. The summed E-state index contributed by atoms with van der Waals surface area (Å²) < 4.78 is 0.731. The molecule has 3 aromatic rings. The molecule has 0 spiro atoms. The molecule has 5 nitrogen and oxygen atoms in total. The van der Waals surface area contributed by atoms with Crippen molar-refractivity contribution in [2.45, 2.75) is 12.5 Å². The highest BCUT2D eigenvalue weighted by atomic mass is 79.9. The Kier molecular flexibility index (Phi) is 5.54. The third kappa shape index (κ3) is 4.03. The van der Waals surface area contributed by atoms with Crippen molar-refractivity contribution in [1.29, 1.82) is 0 Å². The quantitative estimate of drug-likeness (QED) is 0.635. The Morgan fingerprint density at radius 1 is 1.19 bits per heavy atom. The van der Waals surface area contributed by atoms with Gasteiger partial charge in [0.15, 0.2) is 0 Å². The van der Waals surface area contributed by atoms with Gasteiger partial charge in [-0.3, -0.25) is 9.78 Å². The van der Waals surface area contributed by atoms with Crippen LogP contribution in [0, 0.1) is 0 Å². The number of benzene rings is 2. The summed E-state index contributed by atoms with van der Waals surface area (Å²) in [6, 6.07) is 12.8. The summed E-state index contributed by atoms with van der Waals surface area (Å²) in [4.78, 5) is 28.5. The van der Waals surface area contributed by atoms with Gasteiger partial charge in [0.25, 0.3) is 5.91 Å². The van der Waals surface area contributed by atoms with Gasteiger partial charge in [0.2, 0.25) is 0 Å². The topological polar surface area (TPSA) is 79.3 Å². The van der Waals surface area contributed by atoms with Gasteiger partial charge in [-0.15, -0.1) is 0 Å². The lowest BCUT2D eigenvalue weighted by atomic mass is 10.0. The van der Waals surface area contributed by atoms with Crippen LogP contribution in [0.3, 0.4) is 0 Å². The van der Waals surface area contributed by atoms with Gasteiger partial charge in [-0.05, 0) is 35.9 Å². The summed E-state index contributed by atoms with van der Waals surface area (Å²) in [7, 11) is 0. The first kappa shape index (κ1) is 18.4. The van der Waals surface area contributed by atoms with Gasteiger partial charge in [-0.25, -0.2) is 4.79 Å². The zero-order chi connectivity index (χ0) is 18.7. The van der Waals surface area contributed by atoms with Crippen LogP contribution in [0.25, 0.3) is 10.9 Å². The van der Waals surface area contributed by atoms with E-state index in [0.717, 1.165) is 9.86 Å². The standard InChI is InChI=1S/C19H14BrClN2O3/c20-15-7-6-13(21)9-12(15)10-16(19(25)26)23-18(24)14-5-1-3-11-4-2-8-22-17(11)14/h1-9,16H,10H2,(H,23,24)(H,25,26)/t16-/m0/s1. The molecule has 0 aliphatic rings. The number of aliphatic carboxylic acids is 1. The molecule has 0 unspecified atom stereocenters. The molecule has 0 saturated heterocycles. The van der Waals surface area contributed by atoms with Gasteiger partial charge in [0.1, 0.15) is 6.04 Å². The maximum absolute atomic E-state index is 12.7. The Balaban J connectivity index is 1.87. The molecular weight excluding hydrogens is 420 g/mol. The largest absolute Gasteiger partial charge is 0.480 e. The number of halogens is 2. The van der Waals surface area contributed by atoms with Crippen LogP contribution in [0.1, 0.15) is 15.9 Å². The van der Waals surface area contributed by atoms with Crippen molar-refractivity contribution < 1.29 is 14.7 Å². The van der Waals surface area contributed by atoms with Crippen LogP contribution in [0.15, 0.2) is 59.2 Å². The predicted octanol–water partition coefficient (Wildman–Crippen LogP) is 4.08. The molecule has 0 aliphatic heterocycles. The van der Waals surface area contributed by atoms with E-state index >= 15 is 0 Å². The molecule has 26 heavy (non-hydrogen) atoms. The number of amides is 1. The molecule has 7 heteroatoms. The SMILES string of the molecule is O=C(N[C@@H](Cc1cc(Cl)ccc1Br)C(=O)O)c1cccc2cccnc12. The molecule has 0 radical (unpaired) electrons. The summed E-state index contributed by atoms with van der Waals surface area (Å²) in [6.07, 6.45) is 1.69. The summed E-state index contributed by atoms with van der Waals surface area (Å²) in [6.45, 7) is 0. The molecule has 1 atom stereocenters. The normalized spacial score (nSPS) is 11.9. The fourth-order valence-corrected chi connectivity index (χ4v) is 3.25. The fraction of sp³-hybridized carbons (Fsp3) is 0.105. The number of hydrogen-bond acceptors (Lipinski definition) is 3. The first-order valence-electron chi connectivity index (χ1n) is 7.77. The highest BCUT2D eigenvalue weighted by Gasteiger charge is 2.23. The number of aromatic nitrogens is 1. The number of carboxylic acid groups (broad SMARTS) is 1. The van der Waals surface area contributed by atoms with Crippen LogP contribution in [0.2, 0.25) is 5.02 Å². The van der Waals surface area contributed by atoms with E-state index in [2.05, 4.69) is 26.2 Å². The Hall–Kier alpha value is -2.44. The average Bonchev–Trinajstić information content (AvgIpc) is 2.63. The molecule has 1 aromatic heterocycles.